The molecule has 1 fully saturated rings. The number of likely N-dealkylation sites (N-methyl/N-ethyl adjacent to an activating group) is 1. The highest BCUT2D eigenvalue weighted by molar-refractivity contribution is 5.28. The van der Waals surface area contributed by atoms with Crippen molar-refractivity contribution in [1.29, 1.82) is 0 Å². The first-order chi connectivity index (χ1) is 10.2. The molecule has 1 saturated heterocycles. The summed E-state index contributed by atoms with van der Waals surface area (Å²) in [5, 5.41) is 3.57. The Kier molecular flexibility index (Phi) is 6.49. The van der Waals surface area contributed by atoms with Crippen molar-refractivity contribution < 1.29 is 9.47 Å². The van der Waals surface area contributed by atoms with E-state index in [1.165, 1.54) is 18.4 Å². The molecular weight excluding hydrogens is 264 g/mol. The van der Waals surface area contributed by atoms with Gasteiger partial charge in [0.2, 0.25) is 0 Å². The minimum Gasteiger partial charge on any atom is -0.497 e. The average molecular weight is 292 g/mol. The molecule has 0 spiro atoms. The summed E-state index contributed by atoms with van der Waals surface area (Å²) in [6.07, 6.45) is 2.79. The van der Waals surface area contributed by atoms with Crippen molar-refractivity contribution >= 4 is 0 Å². The van der Waals surface area contributed by atoms with Crippen LogP contribution in [-0.2, 0) is 11.3 Å². The molecule has 0 amide bonds. The number of nitrogens with one attached hydrogen (secondary N) is 1. The maximum absolute atomic E-state index is 5.70. The second-order valence-electron chi connectivity index (χ2n) is 5.88. The zero-order valence-electron chi connectivity index (χ0n) is 13.5. The molecular formula is C17H28N2O2. The van der Waals surface area contributed by atoms with Crippen molar-refractivity contribution in [2.24, 2.45) is 0 Å². The number of benzene rings is 1. The maximum atomic E-state index is 5.70. The summed E-state index contributed by atoms with van der Waals surface area (Å²) in [6, 6.07) is 8.70. The Balaban J connectivity index is 1.68. The summed E-state index contributed by atoms with van der Waals surface area (Å²) in [6.45, 7) is 6.09. The average Bonchev–Trinajstić information content (AvgIpc) is 3.01. The highest BCUT2D eigenvalue weighted by atomic mass is 16.5. The van der Waals surface area contributed by atoms with Gasteiger partial charge in [-0.25, -0.2) is 0 Å². The third-order valence-electron chi connectivity index (χ3n) is 4.07. The molecule has 0 radical (unpaired) electrons. The molecule has 118 valence electrons. The molecule has 0 saturated carbocycles. The molecule has 4 heteroatoms. The Hall–Kier alpha value is -1.10. The van der Waals surface area contributed by atoms with Crippen molar-refractivity contribution in [1.82, 2.24) is 10.2 Å². The monoisotopic (exact) mass is 292 g/mol. The number of nitrogens with zero attached hydrogens (tertiary/aromatic N) is 1. The zero-order chi connectivity index (χ0) is 15.1. The highest BCUT2D eigenvalue weighted by Gasteiger charge is 2.21. The van der Waals surface area contributed by atoms with E-state index in [1.807, 2.05) is 12.1 Å². The molecule has 0 aliphatic carbocycles. The van der Waals surface area contributed by atoms with Gasteiger partial charge in [-0.3, -0.25) is 0 Å². The van der Waals surface area contributed by atoms with Crippen LogP contribution in [0.3, 0.4) is 0 Å². The molecule has 2 atom stereocenters. The predicted molar refractivity (Wildman–Crippen MR) is 85.8 cm³/mol. The van der Waals surface area contributed by atoms with Gasteiger partial charge in [0, 0.05) is 32.3 Å². The maximum Gasteiger partial charge on any atom is 0.119 e. The fraction of sp³-hybridized carbons (Fsp3) is 0.647. The third-order valence-corrected chi connectivity index (χ3v) is 4.07. The molecule has 1 aliphatic heterocycles. The number of rotatable bonds is 8. The predicted octanol–water partition coefficient (Wildman–Crippen LogP) is 2.28. The quantitative estimate of drug-likeness (QED) is 0.797. The van der Waals surface area contributed by atoms with Gasteiger partial charge in [-0.05, 0) is 44.5 Å². The van der Waals surface area contributed by atoms with Crippen molar-refractivity contribution in [2.75, 3.05) is 33.9 Å². The lowest BCUT2D eigenvalue weighted by molar-refractivity contribution is 0.0829. The van der Waals surface area contributed by atoms with Crippen LogP contribution in [0, 0.1) is 0 Å². The summed E-state index contributed by atoms with van der Waals surface area (Å²) < 4.78 is 11.0. The molecule has 4 nitrogen and oxygen atoms in total. The van der Waals surface area contributed by atoms with Gasteiger partial charge in [0.05, 0.1) is 13.2 Å². The van der Waals surface area contributed by atoms with E-state index in [4.69, 9.17) is 9.47 Å². The van der Waals surface area contributed by atoms with Gasteiger partial charge in [0.25, 0.3) is 0 Å². The molecule has 1 aromatic rings. The van der Waals surface area contributed by atoms with Crippen LogP contribution in [0.15, 0.2) is 24.3 Å². The summed E-state index contributed by atoms with van der Waals surface area (Å²) in [4.78, 5) is 2.32. The van der Waals surface area contributed by atoms with Crippen LogP contribution in [-0.4, -0.2) is 50.9 Å². The van der Waals surface area contributed by atoms with E-state index in [0.29, 0.717) is 12.1 Å². The fourth-order valence-electron chi connectivity index (χ4n) is 2.77. The van der Waals surface area contributed by atoms with Gasteiger partial charge in [-0.1, -0.05) is 12.1 Å². The minimum atomic E-state index is 0.397. The van der Waals surface area contributed by atoms with E-state index >= 15 is 0 Å². The van der Waals surface area contributed by atoms with Crippen LogP contribution in [0.1, 0.15) is 25.3 Å². The Bertz CT molecular complexity index is 419. The normalized spacial score (nSPS) is 19.9. The number of hydrogen-bond acceptors (Lipinski definition) is 4. The van der Waals surface area contributed by atoms with E-state index in [9.17, 15) is 0 Å². The smallest absolute Gasteiger partial charge is 0.119 e. The Morgan fingerprint density at radius 1 is 1.48 bits per heavy atom. The first-order valence-corrected chi connectivity index (χ1v) is 7.85. The molecule has 2 unspecified atom stereocenters. The molecule has 1 aliphatic rings. The van der Waals surface area contributed by atoms with Crippen molar-refractivity contribution in [3.8, 4) is 5.75 Å². The molecule has 0 bridgehead atoms. The van der Waals surface area contributed by atoms with E-state index in [1.54, 1.807) is 7.11 Å². The standard InChI is InChI=1S/C17H28N2O2/c1-14(17-8-5-11-21-17)18-9-10-19(2)13-15-6-4-7-16(12-15)20-3/h4,6-7,12,14,17-18H,5,8-11,13H2,1-3H3. The number of hydrogen-bond donors (Lipinski definition) is 1. The zero-order valence-corrected chi connectivity index (χ0v) is 13.5. The van der Waals surface area contributed by atoms with Crippen LogP contribution in [0.25, 0.3) is 0 Å². The SMILES string of the molecule is COc1cccc(CN(C)CCNC(C)C2CCCO2)c1. The number of methoxy groups -OCH3 is 1. The second-order valence-corrected chi connectivity index (χ2v) is 5.88. The fourth-order valence-corrected chi connectivity index (χ4v) is 2.77. The number of ether oxygens (including phenoxy) is 2. The van der Waals surface area contributed by atoms with E-state index in [-0.39, 0.29) is 0 Å². The molecule has 2 rings (SSSR count). The Morgan fingerprint density at radius 2 is 2.33 bits per heavy atom. The summed E-state index contributed by atoms with van der Waals surface area (Å²) in [7, 11) is 3.86. The van der Waals surface area contributed by atoms with Gasteiger partial charge in [0.1, 0.15) is 5.75 Å². The van der Waals surface area contributed by atoms with Crippen LogP contribution in [0.4, 0.5) is 0 Å². The summed E-state index contributed by atoms with van der Waals surface area (Å²) >= 11 is 0. The topological polar surface area (TPSA) is 33.7 Å². The minimum absolute atomic E-state index is 0.397. The van der Waals surface area contributed by atoms with Crippen LogP contribution >= 0.6 is 0 Å². The van der Waals surface area contributed by atoms with Crippen molar-refractivity contribution in [3.63, 3.8) is 0 Å². The first kappa shape index (κ1) is 16.3. The second kappa shape index (κ2) is 8.37. The van der Waals surface area contributed by atoms with E-state index in [0.717, 1.165) is 32.0 Å². The largest absolute Gasteiger partial charge is 0.497 e. The first-order valence-electron chi connectivity index (χ1n) is 7.85. The summed E-state index contributed by atoms with van der Waals surface area (Å²) in [5.41, 5.74) is 1.28. The molecule has 1 heterocycles. The van der Waals surface area contributed by atoms with E-state index in [2.05, 4.69) is 36.3 Å². The molecule has 21 heavy (non-hydrogen) atoms. The third kappa shape index (κ3) is 5.30. The Labute approximate surface area is 128 Å². The van der Waals surface area contributed by atoms with Crippen LogP contribution in [0.2, 0.25) is 0 Å². The van der Waals surface area contributed by atoms with Gasteiger partial charge in [0.15, 0.2) is 0 Å². The van der Waals surface area contributed by atoms with Gasteiger partial charge >= 0.3 is 0 Å². The lowest BCUT2D eigenvalue weighted by Gasteiger charge is -2.22. The molecule has 1 aromatic carbocycles. The van der Waals surface area contributed by atoms with Crippen LogP contribution < -0.4 is 10.1 Å². The molecule has 0 aromatic heterocycles. The lowest BCUT2D eigenvalue weighted by atomic mass is 10.1. The van der Waals surface area contributed by atoms with Gasteiger partial charge in [-0.2, -0.15) is 0 Å². The summed E-state index contributed by atoms with van der Waals surface area (Å²) in [5.74, 6) is 0.922. The highest BCUT2D eigenvalue weighted by Crippen LogP contribution is 2.15. The Morgan fingerprint density at radius 3 is 3.05 bits per heavy atom. The van der Waals surface area contributed by atoms with Gasteiger partial charge < -0.3 is 19.7 Å². The van der Waals surface area contributed by atoms with Crippen molar-refractivity contribution in [2.45, 2.75) is 38.5 Å². The van der Waals surface area contributed by atoms with Crippen molar-refractivity contribution in [3.05, 3.63) is 29.8 Å². The molecule has 1 N–H and O–H groups in total. The van der Waals surface area contributed by atoms with Crippen LogP contribution in [0.5, 0.6) is 5.75 Å². The lowest BCUT2D eigenvalue weighted by Crippen LogP contribution is -2.40. The van der Waals surface area contributed by atoms with Gasteiger partial charge in [-0.15, -0.1) is 0 Å². The van der Waals surface area contributed by atoms with E-state index < -0.39 is 0 Å².